The molecule has 18 heavy (non-hydrogen) atoms. The van der Waals surface area contributed by atoms with Crippen LogP contribution in [0.1, 0.15) is 12.0 Å². The number of hydrogen-bond acceptors (Lipinski definition) is 2. The first-order chi connectivity index (χ1) is 8.77. The van der Waals surface area contributed by atoms with Gasteiger partial charge in [0.25, 0.3) is 0 Å². The number of fused-ring (bicyclic) bond motifs is 1. The Kier molecular flexibility index (Phi) is 4.49. The van der Waals surface area contributed by atoms with Crippen LogP contribution in [0.2, 0.25) is 0 Å². The summed E-state index contributed by atoms with van der Waals surface area (Å²) in [6.07, 6.45) is 0.733. The van der Waals surface area contributed by atoms with Gasteiger partial charge in [0.1, 0.15) is 5.75 Å². The molecule has 0 saturated heterocycles. The van der Waals surface area contributed by atoms with Crippen LogP contribution >= 0.6 is 9.24 Å². The zero-order valence-electron chi connectivity index (χ0n) is 10.1. The highest BCUT2D eigenvalue weighted by atomic mass is 31.0. The van der Waals surface area contributed by atoms with Gasteiger partial charge in [-0.1, -0.05) is 42.5 Å². The fourth-order valence-electron chi connectivity index (χ4n) is 1.69. The van der Waals surface area contributed by atoms with Crippen LogP contribution in [0.3, 0.4) is 0 Å². The Hall–Kier alpha value is -1.66. The maximum Gasteiger partial charge on any atom is 0.128 e. The number of benzene rings is 2. The molecule has 2 aromatic rings. The van der Waals surface area contributed by atoms with E-state index >= 15 is 0 Å². The van der Waals surface area contributed by atoms with Gasteiger partial charge in [-0.05, 0) is 17.4 Å². The summed E-state index contributed by atoms with van der Waals surface area (Å²) in [5.41, 5.74) is 1.63. The maximum atomic E-state index is 7.59. The average molecular weight is 257 g/mol. The third kappa shape index (κ3) is 3.41. The Morgan fingerprint density at radius 2 is 1.61 bits per heavy atom. The van der Waals surface area contributed by atoms with Crippen LogP contribution < -0.4 is 10.0 Å². The van der Waals surface area contributed by atoms with Crippen molar-refractivity contribution in [1.29, 1.82) is 5.41 Å². The van der Waals surface area contributed by atoms with Crippen molar-refractivity contribution in [3.63, 3.8) is 0 Å². The zero-order valence-corrected chi connectivity index (χ0v) is 11.3. The second-order valence-corrected chi connectivity index (χ2v) is 4.65. The number of ether oxygens (including phenoxy) is 1. The van der Waals surface area contributed by atoms with E-state index in [1.807, 2.05) is 54.6 Å². The van der Waals surface area contributed by atoms with Gasteiger partial charge in [-0.3, -0.25) is 0 Å². The van der Waals surface area contributed by atoms with E-state index in [0.717, 1.165) is 17.7 Å². The summed E-state index contributed by atoms with van der Waals surface area (Å²) in [6.45, 7) is 0.649. The molecule has 0 radical (unpaired) electrons. The molecule has 3 rings (SSSR count). The van der Waals surface area contributed by atoms with E-state index in [0.29, 0.717) is 12.3 Å². The normalized spacial score (nSPS) is 12.8. The Balaban J connectivity index is 0.000000149. The minimum atomic E-state index is 0.649. The fourth-order valence-corrected chi connectivity index (χ4v) is 1.91. The first-order valence-corrected chi connectivity index (χ1v) is 6.45. The Morgan fingerprint density at radius 3 is 2.22 bits per heavy atom. The van der Waals surface area contributed by atoms with E-state index in [4.69, 9.17) is 10.1 Å². The molecule has 1 aliphatic heterocycles. The van der Waals surface area contributed by atoms with Gasteiger partial charge < -0.3 is 10.1 Å². The van der Waals surface area contributed by atoms with Gasteiger partial charge in [-0.25, -0.2) is 0 Å². The van der Waals surface area contributed by atoms with E-state index in [1.54, 1.807) is 0 Å². The predicted octanol–water partition coefficient (Wildman–Crippen LogP) is 3.02. The second kappa shape index (κ2) is 6.32. The van der Waals surface area contributed by atoms with Gasteiger partial charge in [0, 0.05) is 17.7 Å². The van der Waals surface area contributed by atoms with E-state index in [-0.39, 0.29) is 0 Å². The molecule has 1 aliphatic rings. The summed E-state index contributed by atoms with van der Waals surface area (Å²) in [6, 6.07) is 17.8. The lowest BCUT2D eigenvalue weighted by molar-refractivity contribution is 0.320. The van der Waals surface area contributed by atoms with Crippen LogP contribution in [0.5, 0.6) is 5.75 Å². The standard InChI is InChI=1S/C9H9NO.C6H7P/c10-8-5-6-11-9-4-2-1-3-7(8)9;7-6-4-2-1-3-5-6/h1-4,10H,5-6H2;1-5H,7H2. The third-order valence-electron chi connectivity index (χ3n) is 2.62. The minimum absolute atomic E-state index is 0.649. The highest BCUT2D eigenvalue weighted by Gasteiger charge is 2.13. The zero-order chi connectivity index (χ0) is 12.8. The lowest BCUT2D eigenvalue weighted by Crippen LogP contribution is -2.14. The molecule has 0 amide bonds. The molecule has 2 nitrogen and oxygen atoms in total. The van der Waals surface area contributed by atoms with Crippen molar-refractivity contribution >= 4 is 20.3 Å². The molecule has 1 unspecified atom stereocenters. The van der Waals surface area contributed by atoms with Gasteiger partial charge in [0.2, 0.25) is 0 Å². The van der Waals surface area contributed by atoms with Gasteiger partial charge in [0.05, 0.1) is 6.61 Å². The summed E-state index contributed by atoms with van der Waals surface area (Å²) in [5, 5.41) is 8.83. The SMILES string of the molecule is N=C1CCOc2ccccc21.Pc1ccccc1. The van der Waals surface area contributed by atoms with Crippen molar-refractivity contribution in [2.75, 3.05) is 6.61 Å². The lowest BCUT2D eigenvalue weighted by Gasteiger charge is -2.16. The summed E-state index contributed by atoms with van der Waals surface area (Å²) in [4.78, 5) is 0. The van der Waals surface area contributed by atoms with E-state index in [1.165, 1.54) is 5.30 Å². The van der Waals surface area contributed by atoms with Crippen molar-refractivity contribution in [2.45, 2.75) is 6.42 Å². The van der Waals surface area contributed by atoms with Gasteiger partial charge >= 0.3 is 0 Å². The molecule has 0 bridgehead atoms. The first-order valence-electron chi connectivity index (χ1n) is 5.87. The highest BCUT2D eigenvalue weighted by Crippen LogP contribution is 2.23. The van der Waals surface area contributed by atoms with Crippen LogP contribution in [0.4, 0.5) is 0 Å². The number of nitrogens with one attached hydrogen (secondary N) is 1. The van der Waals surface area contributed by atoms with Crippen LogP contribution in [-0.4, -0.2) is 12.3 Å². The molecule has 1 heterocycles. The Bertz CT molecular complexity index is 525. The van der Waals surface area contributed by atoms with Crippen molar-refractivity contribution in [3.8, 4) is 5.75 Å². The fraction of sp³-hybridized carbons (Fsp3) is 0.133. The maximum absolute atomic E-state index is 7.59. The molecule has 1 N–H and O–H groups in total. The van der Waals surface area contributed by atoms with Crippen LogP contribution in [-0.2, 0) is 0 Å². The lowest BCUT2D eigenvalue weighted by atomic mass is 10.0. The van der Waals surface area contributed by atoms with Gasteiger partial charge in [-0.15, -0.1) is 9.24 Å². The van der Waals surface area contributed by atoms with Crippen molar-refractivity contribution in [2.24, 2.45) is 0 Å². The highest BCUT2D eigenvalue weighted by molar-refractivity contribution is 7.27. The van der Waals surface area contributed by atoms with Crippen molar-refractivity contribution in [1.82, 2.24) is 0 Å². The molecule has 0 aliphatic carbocycles. The first kappa shape index (κ1) is 12.8. The van der Waals surface area contributed by atoms with E-state index in [9.17, 15) is 0 Å². The summed E-state index contributed by atoms with van der Waals surface area (Å²) < 4.78 is 5.35. The molecule has 0 fully saturated rings. The summed E-state index contributed by atoms with van der Waals surface area (Å²) >= 11 is 0. The largest absolute Gasteiger partial charge is 0.492 e. The molecule has 2 aromatic carbocycles. The average Bonchev–Trinajstić information content (AvgIpc) is 2.41. The van der Waals surface area contributed by atoms with Gasteiger partial charge in [0.15, 0.2) is 0 Å². The molecular weight excluding hydrogens is 241 g/mol. The molecule has 3 heteroatoms. The second-order valence-electron chi connectivity index (χ2n) is 3.98. The quantitative estimate of drug-likeness (QED) is 0.723. The van der Waals surface area contributed by atoms with E-state index < -0.39 is 0 Å². The molecule has 0 spiro atoms. The molecule has 1 atom stereocenters. The topological polar surface area (TPSA) is 33.1 Å². The van der Waals surface area contributed by atoms with E-state index in [2.05, 4.69) is 9.24 Å². The molecule has 0 saturated carbocycles. The number of para-hydroxylation sites is 1. The number of rotatable bonds is 0. The monoisotopic (exact) mass is 257 g/mol. The third-order valence-corrected chi connectivity index (χ3v) is 3.01. The predicted molar refractivity (Wildman–Crippen MR) is 79.2 cm³/mol. The van der Waals surface area contributed by atoms with Gasteiger partial charge in [-0.2, -0.15) is 0 Å². The van der Waals surface area contributed by atoms with Crippen LogP contribution in [0.15, 0.2) is 54.6 Å². The van der Waals surface area contributed by atoms with Crippen LogP contribution in [0, 0.1) is 5.41 Å². The summed E-state index contributed by atoms with van der Waals surface area (Å²) in [7, 11) is 2.63. The molecule has 92 valence electrons. The number of hydrogen-bond donors (Lipinski definition) is 1. The summed E-state index contributed by atoms with van der Waals surface area (Å²) in [5.74, 6) is 0.851. The minimum Gasteiger partial charge on any atom is -0.492 e. The Labute approximate surface area is 110 Å². The van der Waals surface area contributed by atoms with Crippen molar-refractivity contribution in [3.05, 3.63) is 60.2 Å². The van der Waals surface area contributed by atoms with Crippen molar-refractivity contribution < 1.29 is 4.74 Å². The Morgan fingerprint density at radius 1 is 0.944 bits per heavy atom. The molecular formula is C15H16NOP. The molecule has 0 aromatic heterocycles. The smallest absolute Gasteiger partial charge is 0.128 e. The van der Waals surface area contributed by atoms with Crippen LogP contribution in [0.25, 0.3) is 0 Å².